The van der Waals surface area contributed by atoms with Crippen LogP contribution in [-0.2, 0) is 18.9 Å². The van der Waals surface area contributed by atoms with E-state index in [1.54, 1.807) is 0 Å². The minimum Gasteiger partial charge on any atom is -0.379 e. The highest BCUT2D eigenvalue weighted by atomic mass is 16.6. The van der Waals surface area contributed by atoms with E-state index in [1.807, 2.05) is 14.1 Å². The highest BCUT2D eigenvalue weighted by molar-refractivity contribution is 4.43. The van der Waals surface area contributed by atoms with E-state index in [9.17, 15) is 0 Å². The van der Waals surface area contributed by atoms with Gasteiger partial charge in [-0.3, -0.25) is 0 Å². The summed E-state index contributed by atoms with van der Waals surface area (Å²) in [5, 5.41) is 0. The summed E-state index contributed by atoms with van der Waals surface area (Å²) in [6.07, 6.45) is 1.11. The van der Waals surface area contributed by atoms with Crippen LogP contribution in [0.3, 0.4) is 0 Å². The lowest BCUT2D eigenvalue weighted by molar-refractivity contribution is -0.00379. The molecule has 0 spiro atoms. The van der Waals surface area contributed by atoms with Crippen molar-refractivity contribution < 1.29 is 18.9 Å². The molecule has 0 aliphatic rings. The first-order chi connectivity index (χ1) is 9.63. The van der Waals surface area contributed by atoms with E-state index in [2.05, 4.69) is 18.7 Å². The molecule has 20 heavy (non-hydrogen) atoms. The van der Waals surface area contributed by atoms with E-state index in [-0.39, 0.29) is 0 Å². The molecule has 5 nitrogen and oxygen atoms in total. The Labute approximate surface area is 124 Å². The maximum atomic E-state index is 5.45. The van der Waals surface area contributed by atoms with Gasteiger partial charge in [0.25, 0.3) is 0 Å². The molecule has 0 aromatic heterocycles. The molecule has 0 heterocycles. The van der Waals surface area contributed by atoms with Gasteiger partial charge in [-0.1, -0.05) is 13.8 Å². The standard InChI is InChI=1S/C15H33NO4/c1-15(2)5-7-17-9-11-19-13-14-20-12-10-18-8-6-16(3)4/h15H,5-14H2,1-4H3. The van der Waals surface area contributed by atoms with Crippen LogP contribution in [0.25, 0.3) is 0 Å². The van der Waals surface area contributed by atoms with Crippen LogP contribution >= 0.6 is 0 Å². The number of rotatable bonds is 15. The van der Waals surface area contributed by atoms with E-state index in [1.165, 1.54) is 0 Å². The van der Waals surface area contributed by atoms with Crippen molar-refractivity contribution in [3.63, 3.8) is 0 Å². The topological polar surface area (TPSA) is 40.2 Å². The Hall–Kier alpha value is -0.200. The van der Waals surface area contributed by atoms with Crippen molar-refractivity contribution in [2.75, 3.05) is 73.5 Å². The minimum atomic E-state index is 0.614. The van der Waals surface area contributed by atoms with Crippen LogP contribution in [0.2, 0.25) is 0 Å². The second kappa shape index (κ2) is 15.2. The first-order valence-electron chi connectivity index (χ1n) is 7.58. The third-order valence-electron chi connectivity index (χ3n) is 2.64. The molecule has 122 valence electrons. The molecule has 0 aliphatic heterocycles. The van der Waals surface area contributed by atoms with Gasteiger partial charge in [0, 0.05) is 13.2 Å². The van der Waals surface area contributed by atoms with E-state index < -0.39 is 0 Å². The second-order valence-electron chi connectivity index (χ2n) is 5.44. The van der Waals surface area contributed by atoms with Crippen molar-refractivity contribution in [3.05, 3.63) is 0 Å². The van der Waals surface area contributed by atoms with Gasteiger partial charge in [0.05, 0.1) is 46.2 Å². The molecule has 0 saturated heterocycles. The van der Waals surface area contributed by atoms with E-state index >= 15 is 0 Å². The second-order valence-corrected chi connectivity index (χ2v) is 5.44. The van der Waals surface area contributed by atoms with Gasteiger partial charge < -0.3 is 23.8 Å². The van der Waals surface area contributed by atoms with E-state index in [0.29, 0.717) is 45.6 Å². The van der Waals surface area contributed by atoms with Crippen molar-refractivity contribution >= 4 is 0 Å². The van der Waals surface area contributed by atoms with Crippen molar-refractivity contribution in [1.29, 1.82) is 0 Å². The largest absolute Gasteiger partial charge is 0.379 e. The van der Waals surface area contributed by atoms with Crippen LogP contribution in [0.1, 0.15) is 20.3 Å². The van der Waals surface area contributed by atoms with Crippen molar-refractivity contribution in [1.82, 2.24) is 4.90 Å². The molecular weight excluding hydrogens is 258 g/mol. The molecule has 0 saturated carbocycles. The molecule has 0 rings (SSSR count). The predicted molar refractivity (Wildman–Crippen MR) is 81.3 cm³/mol. The third-order valence-corrected chi connectivity index (χ3v) is 2.64. The summed E-state index contributed by atoms with van der Waals surface area (Å²) in [7, 11) is 4.06. The molecule has 0 atom stereocenters. The van der Waals surface area contributed by atoms with Crippen LogP contribution in [0.5, 0.6) is 0 Å². The number of hydrogen-bond acceptors (Lipinski definition) is 5. The maximum absolute atomic E-state index is 5.45. The molecule has 0 bridgehead atoms. The highest BCUT2D eigenvalue weighted by Gasteiger charge is 1.95. The lowest BCUT2D eigenvalue weighted by Gasteiger charge is -2.10. The normalized spacial score (nSPS) is 11.7. The number of hydrogen-bond donors (Lipinski definition) is 0. The molecule has 0 N–H and O–H groups in total. The zero-order valence-electron chi connectivity index (χ0n) is 13.7. The lowest BCUT2D eigenvalue weighted by atomic mass is 10.1. The van der Waals surface area contributed by atoms with Crippen molar-refractivity contribution in [2.24, 2.45) is 5.92 Å². The molecule has 5 heteroatoms. The quantitative estimate of drug-likeness (QED) is 0.429. The Kier molecular flexibility index (Phi) is 15.0. The number of likely N-dealkylation sites (N-methyl/N-ethyl adjacent to an activating group) is 1. The number of ether oxygens (including phenoxy) is 4. The minimum absolute atomic E-state index is 0.614. The Morgan fingerprint density at radius 2 is 1.05 bits per heavy atom. The molecular formula is C15H33NO4. The summed E-state index contributed by atoms with van der Waals surface area (Å²) in [5.41, 5.74) is 0. The Bertz CT molecular complexity index is 169. The summed E-state index contributed by atoms with van der Waals surface area (Å²) in [4.78, 5) is 2.10. The first kappa shape index (κ1) is 19.8. The summed E-state index contributed by atoms with van der Waals surface area (Å²) >= 11 is 0. The molecule has 0 aromatic rings. The van der Waals surface area contributed by atoms with Gasteiger partial charge in [-0.25, -0.2) is 0 Å². The molecule has 0 unspecified atom stereocenters. The van der Waals surface area contributed by atoms with Crippen LogP contribution < -0.4 is 0 Å². The monoisotopic (exact) mass is 291 g/mol. The van der Waals surface area contributed by atoms with Gasteiger partial charge in [0.2, 0.25) is 0 Å². The van der Waals surface area contributed by atoms with Gasteiger partial charge >= 0.3 is 0 Å². The average molecular weight is 291 g/mol. The van der Waals surface area contributed by atoms with Crippen LogP contribution in [0.15, 0.2) is 0 Å². The van der Waals surface area contributed by atoms with Crippen molar-refractivity contribution in [2.45, 2.75) is 20.3 Å². The van der Waals surface area contributed by atoms with E-state index in [4.69, 9.17) is 18.9 Å². The molecule has 0 aliphatic carbocycles. The molecule has 0 radical (unpaired) electrons. The predicted octanol–water partition coefficient (Wildman–Crippen LogP) is 1.66. The summed E-state index contributed by atoms with van der Waals surface area (Å²) in [6, 6.07) is 0. The average Bonchev–Trinajstić information content (AvgIpc) is 2.38. The molecule has 0 aromatic carbocycles. The van der Waals surface area contributed by atoms with Gasteiger partial charge in [-0.15, -0.1) is 0 Å². The first-order valence-corrected chi connectivity index (χ1v) is 7.58. The van der Waals surface area contributed by atoms with Crippen LogP contribution in [0.4, 0.5) is 0 Å². The Morgan fingerprint density at radius 3 is 1.45 bits per heavy atom. The van der Waals surface area contributed by atoms with Gasteiger partial charge in [-0.05, 0) is 26.4 Å². The fourth-order valence-electron chi connectivity index (χ4n) is 1.33. The Balaban J connectivity index is 2.96. The summed E-state index contributed by atoms with van der Waals surface area (Å²) < 4.78 is 21.7. The summed E-state index contributed by atoms with van der Waals surface area (Å²) in [5.74, 6) is 0.698. The van der Waals surface area contributed by atoms with Gasteiger partial charge in [0.1, 0.15) is 0 Å². The maximum Gasteiger partial charge on any atom is 0.0701 e. The number of nitrogens with zero attached hydrogens (tertiary/aromatic N) is 1. The Morgan fingerprint density at radius 1 is 0.650 bits per heavy atom. The highest BCUT2D eigenvalue weighted by Crippen LogP contribution is 1.98. The third kappa shape index (κ3) is 17.8. The smallest absolute Gasteiger partial charge is 0.0701 e. The van der Waals surface area contributed by atoms with Gasteiger partial charge in [0.15, 0.2) is 0 Å². The fourth-order valence-corrected chi connectivity index (χ4v) is 1.33. The lowest BCUT2D eigenvalue weighted by Crippen LogP contribution is -2.19. The zero-order chi connectivity index (χ0) is 15.1. The molecule has 0 fully saturated rings. The van der Waals surface area contributed by atoms with Crippen LogP contribution in [0, 0.1) is 5.92 Å². The zero-order valence-corrected chi connectivity index (χ0v) is 13.7. The van der Waals surface area contributed by atoms with Crippen molar-refractivity contribution in [3.8, 4) is 0 Å². The van der Waals surface area contributed by atoms with Crippen LogP contribution in [-0.4, -0.2) is 78.4 Å². The summed E-state index contributed by atoms with van der Waals surface area (Å²) in [6.45, 7) is 10.7. The molecule has 0 amide bonds. The SMILES string of the molecule is CC(C)CCOCCOCCOCCOCCN(C)C. The van der Waals surface area contributed by atoms with Gasteiger partial charge in [-0.2, -0.15) is 0 Å². The van der Waals surface area contributed by atoms with E-state index in [0.717, 1.165) is 26.2 Å². The fraction of sp³-hybridized carbons (Fsp3) is 1.00.